The average Bonchev–Trinajstić information content (AvgIpc) is 2.29. The molecule has 17 heavy (non-hydrogen) atoms. The summed E-state index contributed by atoms with van der Waals surface area (Å²) in [5, 5.41) is 11.1. The number of piperidine rings is 1. The van der Waals surface area contributed by atoms with Crippen molar-refractivity contribution in [2.45, 2.75) is 38.4 Å². The Balaban J connectivity index is 2.58. The Labute approximate surface area is 104 Å². The number of rotatable bonds is 5. The Morgan fingerprint density at radius 2 is 2.29 bits per heavy atom. The third kappa shape index (κ3) is 3.95. The van der Waals surface area contributed by atoms with E-state index in [0.29, 0.717) is 13.0 Å². The van der Waals surface area contributed by atoms with E-state index in [0.717, 1.165) is 25.9 Å². The quantitative estimate of drug-likeness (QED) is 0.757. The largest absolute Gasteiger partial charge is 0.316 e. The summed E-state index contributed by atoms with van der Waals surface area (Å²) < 4.78 is 26.2. The van der Waals surface area contributed by atoms with Gasteiger partial charge in [-0.05, 0) is 31.2 Å². The first-order chi connectivity index (χ1) is 7.93. The molecule has 2 N–H and O–H groups in total. The van der Waals surface area contributed by atoms with E-state index in [-0.39, 0.29) is 5.41 Å². The molecule has 1 aliphatic rings. The van der Waals surface area contributed by atoms with Gasteiger partial charge in [-0.15, -0.1) is 0 Å². The summed E-state index contributed by atoms with van der Waals surface area (Å²) in [5.74, 6) is 0. The molecule has 0 spiro atoms. The van der Waals surface area contributed by atoms with E-state index in [1.807, 2.05) is 6.07 Å². The summed E-state index contributed by atoms with van der Waals surface area (Å²) in [4.78, 5) is 0. The van der Waals surface area contributed by atoms with Crippen LogP contribution < -0.4 is 10.0 Å². The molecule has 1 heterocycles. The summed E-state index contributed by atoms with van der Waals surface area (Å²) >= 11 is 0. The zero-order valence-electron chi connectivity index (χ0n) is 10.5. The van der Waals surface area contributed by atoms with Gasteiger partial charge in [-0.3, -0.25) is 0 Å². The fourth-order valence-electron chi connectivity index (χ4n) is 2.03. The second kappa shape index (κ2) is 5.80. The van der Waals surface area contributed by atoms with Crippen molar-refractivity contribution in [1.82, 2.24) is 10.0 Å². The Hall–Kier alpha value is -0.640. The summed E-state index contributed by atoms with van der Waals surface area (Å²) in [5.41, 5.74) is -0.0426. The van der Waals surface area contributed by atoms with Gasteiger partial charge < -0.3 is 5.32 Å². The second-order valence-electron chi connectivity index (χ2n) is 4.98. The molecule has 0 aromatic rings. The van der Waals surface area contributed by atoms with Crippen LogP contribution in [-0.2, 0) is 10.0 Å². The average molecular weight is 259 g/mol. The molecule has 0 amide bonds. The first-order valence-corrected chi connectivity index (χ1v) is 7.57. The number of nitriles is 1. The molecule has 0 aliphatic carbocycles. The Kier molecular flexibility index (Phi) is 4.92. The van der Waals surface area contributed by atoms with Gasteiger partial charge in [0, 0.05) is 13.1 Å². The lowest BCUT2D eigenvalue weighted by Gasteiger charge is -2.34. The topological polar surface area (TPSA) is 82.0 Å². The van der Waals surface area contributed by atoms with E-state index < -0.39 is 15.3 Å². The third-order valence-electron chi connectivity index (χ3n) is 3.28. The van der Waals surface area contributed by atoms with Crippen LogP contribution in [0, 0.1) is 16.7 Å². The SMILES string of the molecule is CCC(C#N)S(=O)(=O)NCC1(C)CCCNC1. The summed E-state index contributed by atoms with van der Waals surface area (Å²) in [6.07, 6.45) is 2.39. The van der Waals surface area contributed by atoms with Crippen LogP contribution >= 0.6 is 0 Å². The highest BCUT2D eigenvalue weighted by Gasteiger charge is 2.30. The molecule has 6 heteroatoms. The second-order valence-corrected chi connectivity index (χ2v) is 6.93. The number of nitrogens with one attached hydrogen (secondary N) is 2. The van der Waals surface area contributed by atoms with Crippen LogP contribution in [-0.4, -0.2) is 33.3 Å². The highest BCUT2D eigenvalue weighted by atomic mass is 32.2. The molecule has 1 rings (SSSR count). The van der Waals surface area contributed by atoms with Gasteiger partial charge in [-0.1, -0.05) is 13.8 Å². The van der Waals surface area contributed by atoms with Crippen LogP contribution in [0.2, 0.25) is 0 Å². The maximum atomic E-state index is 11.8. The molecule has 0 saturated carbocycles. The maximum absolute atomic E-state index is 11.8. The van der Waals surface area contributed by atoms with Crippen molar-refractivity contribution in [3.05, 3.63) is 0 Å². The van der Waals surface area contributed by atoms with E-state index in [4.69, 9.17) is 5.26 Å². The zero-order chi connectivity index (χ0) is 12.9. The Morgan fingerprint density at radius 1 is 1.59 bits per heavy atom. The predicted molar refractivity (Wildman–Crippen MR) is 66.8 cm³/mol. The van der Waals surface area contributed by atoms with Crippen molar-refractivity contribution < 1.29 is 8.42 Å². The summed E-state index contributed by atoms with van der Waals surface area (Å²) in [7, 11) is -3.50. The van der Waals surface area contributed by atoms with Crippen molar-refractivity contribution in [3.8, 4) is 6.07 Å². The van der Waals surface area contributed by atoms with Crippen molar-refractivity contribution in [2.24, 2.45) is 5.41 Å². The lowest BCUT2D eigenvalue weighted by Crippen LogP contribution is -2.47. The molecule has 2 atom stereocenters. The molecule has 0 aromatic heterocycles. The fraction of sp³-hybridized carbons (Fsp3) is 0.909. The molecule has 1 aliphatic heterocycles. The minimum atomic E-state index is -3.50. The molecular weight excluding hydrogens is 238 g/mol. The third-order valence-corrected chi connectivity index (χ3v) is 5.01. The van der Waals surface area contributed by atoms with Crippen LogP contribution in [0.4, 0.5) is 0 Å². The van der Waals surface area contributed by atoms with E-state index in [9.17, 15) is 8.42 Å². The van der Waals surface area contributed by atoms with Gasteiger partial charge in [-0.25, -0.2) is 13.1 Å². The molecule has 0 aromatic carbocycles. The van der Waals surface area contributed by atoms with Gasteiger partial charge in [0.05, 0.1) is 6.07 Å². The highest BCUT2D eigenvalue weighted by molar-refractivity contribution is 7.90. The first kappa shape index (κ1) is 14.4. The predicted octanol–water partition coefficient (Wildman–Crippen LogP) is 0.598. The van der Waals surface area contributed by atoms with Gasteiger partial charge in [0.15, 0.2) is 5.25 Å². The van der Waals surface area contributed by atoms with E-state index >= 15 is 0 Å². The Morgan fingerprint density at radius 3 is 2.76 bits per heavy atom. The lowest BCUT2D eigenvalue weighted by atomic mass is 9.83. The van der Waals surface area contributed by atoms with Gasteiger partial charge in [-0.2, -0.15) is 5.26 Å². The van der Waals surface area contributed by atoms with Crippen LogP contribution in [0.15, 0.2) is 0 Å². The molecular formula is C11H21N3O2S. The monoisotopic (exact) mass is 259 g/mol. The number of nitrogens with zero attached hydrogens (tertiary/aromatic N) is 1. The van der Waals surface area contributed by atoms with Crippen molar-refractivity contribution >= 4 is 10.0 Å². The van der Waals surface area contributed by atoms with Gasteiger partial charge in [0.2, 0.25) is 10.0 Å². The van der Waals surface area contributed by atoms with Crippen LogP contribution in [0.25, 0.3) is 0 Å². The van der Waals surface area contributed by atoms with Gasteiger partial charge >= 0.3 is 0 Å². The molecule has 0 bridgehead atoms. The molecule has 1 saturated heterocycles. The van der Waals surface area contributed by atoms with Crippen molar-refractivity contribution in [1.29, 1.82) is 5.26 Å². The zero-order valence-corrected chi connectivity index (χ0v) is 11.3. The standard InChI is InChI=1S/C11H21N3O2S/c1-3-10(7-12)17(15,16)14-9-11(2)5-4-6-13-8-11/h10,13-14H,3-6,8-9H2,1-2H3. The van der Waals surface area contributed by atoms with Crippen LogP contribution in [0.5, 0.6) is 0 Å². The fourth-order valence-corrected chi connectivity index (χ4v) is 3.35. The maximum Gasteiger partial charge on any atom is 0.227 e. The number of hydrogen-bond acceptors (Lipinski definition) is 4. The van der Waals surface area contributed by atoms with Gasteiger partial charge in [0.25, 0.3) is 0 Å². The highest BCUT2D eigenvalue weighted by Crippen LogP contribution is 2.24. The molecule has 2 unspecified atom stereocenters. The van der Waals surface area contributed by atoms with Crippen LogP contribution in [0.1, 0.15) is 33.1 Å². The van der Waals surface area contributed by atoms with Crippen LogP contribution in [0.3, 0.4) is 0 Å². The summed E-state index contributed by atoms with van der Waals surface area (Å²) in [6.45, 7) is 5.99. The first-order valence-electron chi connectivity index (χ1n) is 6.02. The van der Waals surface area contributed by atoms with E-state index in [1.165, 1.54) is 0 Å². The minimum Gasteiger partial charge on any atom is -0.316 e. The van der Waals surface area contributed by atoms with E-state index in [1.54, 1.807) is 6.92 Å². The summed E-state index contributed by atoms with van der Waals surface area (Å²) in [6, 6.07) is 1.83. The molecule has 98 valence electrons. The lowest BCUT2D eigenvalue weighted by molar-refractivity contribution is 0.238. The molecule has 1 fully saturated rings. The molecule has 5 nitrogen and oxygen atoms in total. The number of hydrogen-bond donors (Lipinski definition) is 2. The van der Waals surface area contributed by atoms with Crippen molar-refractivity contribution in [2.75, 3.05) is 19.6 Å². The normalized spacial score (nSPS) is 27.4. The Bertz CT molecular complexity index is 380. The smallest absolute Gasteiger partial charge is 0.227 e. The molecule has 0 radical (unpaired) electrons. The van der Waals surface area contributed by atoms with Gasteiger partial charge in [0.1, 0.15) is 0 Å². The minimum absolute atomic E-state index is 0.0426. The number of sulfonamides is 1. The van der Waals surface area contributed by atoms with E-state index in [2.05, 4.69) is 17.0 Å². The van der Waals surface area contributed by atoms with Crippen molar-refractivity contribution in [3.63, 3.8) is 0 Å².